The van der Waals surface area contributed by atoms with Gasteiger partial charge in [-0.2, -0.15) is 0 Å². The first-order valence-corrected chi connectivity index (χ1v) is 5.98. The molecule has 0 bridgehead atoms. The zero-order valence-electron chi connectivity index (χ0n) is 10.4. The van der Waals surface area contributed by atoms with E-state index in [0.29, 0.717) is 25.3 Å². The van der Waals surface area contributed by atoms with E-state index in [2.05, 4.69) is 0 Å². The summed E-state index contributed by atoms with van der Waals surface area (Å²) in [4.78, 5) is 13.7. The number of rotatable bonds is 4. The molecule has 18 heavy (non-hydrogen) atoms. The monoisotopic (exact) mass is 252 g/mol. The lowest BCUT2D eigenvalue weighted by molar-refractivity contribution is -0.120. The molecule has 1 aromatic carbocycles. The third-order valence-electron chi connectivity index (χ3n) is 3.16. The minimum absolute atomic E-state index is 0.170. The predicted octanol–water partition coefficient (Wildman–Crippen LogP) is 1.08. The Hall–Kier alpha value is -1.46. The van der Waals surface area contributed by atoms with Crippen LogP contribution in [0.5, 0.6) is 0 Å². The normalized spacial score (nSPS) is 15.6. The van der Waals surface area contributed by atoms with Crippen LogP contribution in [0.15, 0.2) is 18.2 Å². The molecule has 1 heterocycles. The second-order valence-electron chi connectivity index (χ2n) is 4.40. The van der Waals surface area contributed by atoms with Crippen molar-refractivity contribution < 1.29 is 13.9 Å². The lowest BCUT2D eigenvalue weighted by atomic mass is 10.1. The Morgan fingerprint density at radius 2 is 2.39 bits per heavy atom. The van der Waals surface area contributed by atoms with Crippen molar-refractivity contribution in [2.24, 2.45) is 5.73 Å². The van der Waals surface area contributed by atoms with Gasteiger partial charge >= 0.3 is 0 Å². The zero-order valence-corrected chi connectivity index (χ0v) is 10.4. The summed E-state index contributed by atoms with van der Waals surface area (Å²) < 4.78 is 18.1. The number of hydrogen-bond donors (Lipinski definition) is 1. The molecular weight excluding hydrogens is 235 g/mol. The molecule has 5 heteroatoms. The van der Waals surface area contributed by atoms with Crippen LogP contribution in [0.4, 0.5) is 10.1 Å². The van der Waals surface area contributed by atoms with Gasteiger partial charge in [0.15, 0.2) is 0 Å². The largest absolute Gasteiger partial charge is 0.385 e. The number of nitrogens with two attached hydrogens (primary N) is 1. The van der Waals surface area contributed by atoms with Crippen molar-refractivity contribution >= 4 is 11.6 Å². The second-order valence-corrected chi connectivity index (χ2v) is 4.40. The van der Waals surface area contributed by atoms with Crippen LogP contribution in [0.1, 0.15) is 12.0 Å². The number of carbonyl (C=O) groups is 1. The Kier molecular flexibility index (Phi) is 3.93. The average Bonchev–Trinajstić information content (AvgIpc) is 2.77. The van der Waals surface area contributed by atoms with E-state index < -0.39 is 6.04 Å². The lowest BCUT2D eigenvalue weighted by Gasteiger charge is -2.21. The highest BCUT2D eigenvalue weighted by Gasteiger charge is 2.28. The van der Waals surface area contributed by atoms with E-state index in [9.17, 15) is 9.18 Å². The minimum Gasteiger partial charge on any atom is -0.385 e. The smallest absolute Gasteiger partial charge is 0.244 e. The summed E-state index contributed by atoms with van der Waals surface area (Å²) in [6, 6.07) is 3.93. The number of halogens is 1. The van der Waals surface area contributed by atoms with E-state index in [1.807, 2.05) is 0 Å². The predicted molar refractivity (Wildman–Crippen MR) is 66.9 cm³/mol. The molecule has 1 unspecified atom stereocenters. The topological polar surface area (TPSA) is 55.6 Å². The molecule has 2 N–H and O–H groups in total. The van der Waals surface area contributed by atoms with E-state index in [4.69, 9.17) is 10.5 Å². The van der Waals surface area contributed by atoms with Gasteiger partial charge in [-0.1, -0.05) is 6.07 Å². The number of methoxy groups -OCH3 is 1. The summed E-state index contributed by atoms with van der Waals surface area (Å²) >= 11 is 0. The highest BCUT2D eigenvalue weighted by atomic mass is 19.1. The van der Waals surface area contributed by atoms with Crippen molar-refractivity contribution in [2.45, 2.75) is 18.9 Å². The van der Waals surface area contributed by atoms with Gasteiger partial charge in [-0.15, -0.1) is 0 Å². The van der Waals surface area contributed by atoms with Crippen molar-refractivity contribution in [3.05, 3.63) is 29.6 Å². The van der Waals surface area contributed by atoms with Crippen LogP contribution in [-0.2, 0) is 16.0 Å². The fourth-order valence-corrected chi connectivity index (χ4v) is 2.15. The number of ether oxygens (including phenoxy) is 1. The Morgan fingerprint density at radius 1 is 1.61 bits per heavy atom. The van der Waals surface area contributed by atoms with E-state index in [-0.39, 0.29) is 11.7 Å². The summed E-state index contributed by atoms with van der Waals surface area (Å²) in [6.45, 7) is 1.01. The Morgan fingerprint density at radius 3 is 3.11 bits per heavy atom. The van der Waals surface area contributed by atoms with Crippen molar-refractivity contribution in [1.82, 2.24) is 0 Å². The van der Waals surface area contributed by atoms with Gasteiger partial charge in [0.1, 0.15) is 5.82 Å². The van der Waals surface area contributed by atoms with Gasteiger partial charge in [0.25, 0.3) is 0 Å². The SMILES string of the molecule is COCCC(N)C(=O)N1CCc2ccc(F)cc21. The first-order chi connectivity index (χ1) is 8.63. The zero-order chi connectivity index (χ0) is 13.1. The van der Waals surface area contributed by atoms with Crippen LogP contribution in [0.25, 0.3) is 0 Å². The summed E-state index contributed by atoms with van der Waals surface area (Å²) in [7, 11) is 1.57. The number of anilines is 1. The molecule has 1 atom stereocenters. The van der Waals surface area contributed by atoms with Crippen LogP contribution in [0.2, 0.25) is 0 Å². The molecule has 1 aliphatic rings. The Balaban J connectivity index is 2.12. The highest BCUT2D eigenvalue weighted by Crippen LogP contribution is 2.29. The molecule has 4 nitrogen and oxygen atoms in total. The molecule has 0 fully saturated rings. The van der Waals surface area contributed by atoms with Crippen LogP contribution in [0, 0.1) is 5.82 Å². The molecule has 98 valence electrons. The average molecular weight is 252 g/mol. The van der Waals surface area contributed by atoms with E-state index in [1.165, 1.54) is 12.1 Å². The van der Waals surface area contributed by atoms with Gasteiger partial charge in [0, 0.05) is 25.9 Å². The Bertz CT molecular complexity index is 451. The molecule has 0 spiro atoms. The van der Waals surface area contributed by atoms with E-state index in [1.54, 1.807) is 18.1 Å². The maximum absolute atomic E-state index is 13.2. The first kappa shape index (κ1) is 13.0. The Labute approximate surface area is 106 Å². The van der Waals surface area contributed by atoms with Crippen molar-refractivity contribution in [2.75, 3.05) is 25.2 Å². The summed E-state index contributed by atoms with van der Waals surface area (Å²) in [6.07, 6.45) is 1.22. The number of carbonyl (C=O) groups excluding carboxylic acids is 1. The van der Waals surface area contributed by atoms with Crippen LogP contribution < -0.4 is 10.6 Å². The molecular formula is C13H17FN2O2. The van der Waals surface area contributed by atoms with Crippen LogP contribution in [-0.4, -0.2) is 32.2 Å². The van der Waals surface area contributed by atoms with Gasteiger partial charge in [-0.05, 0) is 30.5 Å². The first-order valence-electron chi connectivity index (χ1n) is 5.98. The quantitative estimate of drug-likeness (QED) is 0.872. The standard InChI is InChI=1S/C13H17FN2O2/c1-18-7-5-11(15)13(17)16-6-4-9-2-3-10(14)8-12(9)16/h2-3,8,11H,4-7,15H2,1H3. The maximum Gasteiger partial charge on any atom is 0.244 e. The number of nitrogens with zero attached hydrogens (tertiary/aromatic N) is 1. The lowest BCUT2D eigenvalue weighted by Crippen LogP contribution is -2.43. The van der Waals surface area contributed by atoms with E-state index >= 15 is 0 Å². The third-order valence-corrected chi connectivity index (χ3v) is 3.16. The van der Waals surface area contributed by atoms with Gasteiger partial charge in [0.05, 0.1) is 6.04 Å². The van der Waals surface area contributed by atoms with Gasteiger partial charge in [0.2, 0.25) is 5.91 Å². The molecule has 0 saturated heterocycles. The minimum atomic E-state index is -0.598. The highest BCUT2D eigenvalue weighted by molar-refractivity contribution is 5.98. The molecule has 1 aromatic rings. The number of benzene rings is 1. The van der Waals surface area contributed by atoms with E-state index in [0.717, 1.165) is 12.0 Å². The summed E-state index contributed by atoms with van der Waals surface area (Å²) in [5.74, 6) is -0.504. The van der Waals surface area contributed by atoms with Crippen LogP contribution in [0.3, 0.4) is 0 Å². The molecule has 0 radical (unpaired) electrons. The third kappa shape index (κ3) is 2.52. The van der Waals surface area contributed by atoms with Gasteiger partial charge < -0.3 is 15.4 Å². The number of fused-ring (bicyclic) bond motifs is 1. The summed E-state index contributed by atoms with van der Waals surface area (Å²) in [5.41, 5.74) is 7.45. The fourth-order valence-electron chi connectivity index (χ4n) is 2.15. The molecule has 2 rings (SSSR count). The molecule has 0 saturated carbocycles. The maximum atomic E-state index is 13.2. The second kappa shape index (κ2) is 5.46. The van der Waals surface area contributed by atoms with Crippen molar-refractivity contribution in [1.29, 1.82) is 0 Å². The van der Waals surface area contributed by atoms with Gasteiger partial charge in [-0.3, -0.25) is 4.79 Å². The van der Waals surface area contributed by atoms with Crippen LogP contribution >= 0.6 is 0 Å². The molecule has 0 aliphatic carbocycles. The van der Waals surface area contributed by atoms with Crippen molar-refractivity contribution in [3.8, 4) is 0 Å². The van der Waals surface area contributed by atoms with Crippen molar-refractivity contribution in [3.63, 3.8) is 0 Å². The fraction of sp³-hybridized carbons (Fsp3) is 0.462. The number of amides is 1. The summed E-state index contributed by atoms with van der Waals surface area (Å²) in [5, 5.41) is 0. The molecule has 1 aliphatic heterocycles. The number of hydrogen-bond acceptors (Lipinski definition) is 3. The molecule has 0 aromatic heterocycles. The van der Waals surface area contributed by atoms with Gasteiger partial charge in [-0.25, -0.2) is 4.39 Å². The molecule has 1 amide bonds.